The molecule has 0 saturated carbocycles. The third kappa shape index (κ3) is 3.92. The number of nitrogens with one attached hydrogen (secondary N) is 3. The molecule has 1 aliphatic heterocycles. The van der Waals surface area contributed by atoms with Gasteiger partial charge in [0.25, 0.3) is 0 Å². The monoisotopic (exact) mass is 283 g/mol. The average Bonchev–Trinajstić information content (AvgIpc) is 2.83. The van der Waals surface area contributed by atoms with Crippen LogP contribution in [0.3, 0.4) is 0 Å². The number of para-hydroxylation sites is 1. The van der Waals surface area contributed by atoms with Gasteiger partial charge in [-0.1, -0.05) is 25.1 Å². The molecule has 0 unspecified atom stereocenters. The van der Waals surface area contributed by atoms with Crippen molar-refractivity contribution in [3.8, 4) is 0 Å². The van der Waals surface area contributed by atoms with Crippen LogP contribution >= 0.6 is 0 Å². The molecule has 0 aliphatic carbocycles. The van der Waals surface area contributed by atoms with E-state index in [0.717, 1.165) is 13.0 Å². The molecule has 1 heterocycles. The van der Waals surface area contributed by atoms with E-state index in [4.69, 9.17) is 0 Å². The van der Waals surface area contributed by atoms with Gasteiger partial charge in [-0.15, -0.1) is 0 Å². The summed E-state index contributed by atoms with van der Waals surface area (Å²) in [4.78, 5) is 0. The third-order valence-electron chi connectivity index (χ3n) is 3.16. The van der Waals surface area contributed by atoms with Gasteiger partial charge < -0.3 is 10.6 Å². The molecule has 0 amide bonds. The second-order valence-electron chi connectivity index (χ2n) is 4.62. The van der Waals surface area contributed by atoms with Crippen LogP contribution in [0.5, 0.6) is 0 Å². The Balaban J connectivity index is 1.82. The van der Waals surface area contributed by atoms with Gasteiger partial charge in [-0.3, -0.25) is 0 Å². The number of fused-ring (bicyclic) bond motifs is 1. The number of benzene rings is 1. The minimum atomic E-state index is -3.13. The first-order valence-electron chi connectivity index (χ1n) is 6.65. The van der Waals surface area contributed by atoms with Crippen LogP contribution < -0.4 is 15.4 Å². The van der Waals surface area contributed by atoms with Gasteiger partial charge in [-0.2, -0.15) is 0 Å². The van der Waals surface area contributed by atoms with Crippen molar-refractivity contribution in [2.24, 2.45) is 0 Å². The molecule has 2 rings (SSSR count). The summed E-state index contributed by atoms with van der Waals surface area (Å²) in [5.41, 5.74) is 3.76. The fraction of sp³-hybridized carbons (Fsp3) is 0.538. The van der Waals surface area contributed by atoms with Crippen molar-refractivity contribution in [2.45, 2.75) is 19.9 Å². The highest BCUT2D eigenvalue weighted by atomic mass is 32.2. The molecule has 1 aliphatic rings. The van der Waals surface area contributed by atoms with Gasteiger partial charge in [0.2, 0.25) is 10.0 Å². The second kappa shape index (κ2) is 6.36. The molecule has 0 bridgehead atoms. The largest absolute Gasteiger partial charge is 0.384 e. The van der Waals surface area contributed by atoms with Gasteiger partial charge in [0, 0.05) is 31.9 Å². The Hall–Kier alpha value is -1.11. The number of sulfonamides is 1. The van der Waals surface area contributed by atoms with Gasteiger partial charge in [0.1, 0.15) is 0 Å². The lowest BCUT2D eigenvalue weighted by molar-refractivity contribution is 0.579. The molecule has 1 aromatic rings. The molecule has 0 atom stereocenters. The Labute approximate surface area is 114 Å². The quantitative estimate of drug-likeness (QED) is 0.644. The highest BCUT2D eigenvalue weighted by Crippen LogP contribution is 2.25. The van der Waals surface area contributed by atoms with Crippen LogP contribution in [0, 0.1) is 0 Å². The van der Waals surface area contributed by atoms with Gasteiger partial charge in [-0.05, 0) is 17.5 Å². The van der Waals surface area contributed by atoms with Crippen molar-refractivity contribution in [2.75, 3.05) is 30.7 Å². The third-order valence-corrected chi connectivity index (χ3v) is 4.63. The van der Waals surface area contributed by atoms with E-state index in [1.807, 2.05) is 0 Å². The van der Waals surface area contributed by atoms with E-state index in [1.54, 1.807) is 6.92 Å². The van der Waals surface area contributed by atoms with Crippen molar-refractivity contribution in [1.29, 1.82) is 0 Å². The molecule has 0 aromatic heterocycles. The van der Waals surface area contributed by atoms with E-state index in [-0.39, 0.29) is 5.75 Å². The summed E-state index contributed by atoms with van der Waals surface area (Å²) in [6.07, 6.45) is 1.07. The molecule has 19 heavy (non-hydrogen) atoms. The van der Waals surface area contributed by atoms with Gasteiger partial charge in [0.05, 0.1) is 5.75 Å². The molecule has 0 fully saturated rings. The average molecular weight is 283 g/mol. The molecule has 6 heteroatoms. The maximum atomic E-state index is 11.5. The van der Waals surface area contributed by atoms with Crippen LogP contribution in [-0.4, -0.2) is 33.8 Å². The van der Waals surface area contributed by atoms with Crippen LogP contribution in [0.4, 0.5) is 5.69 Å². The summed E-state index contributed by atoms with van der Waals surface area (Å²) in [6, 6.07) is 6.26. The molecular weight excluding hydrogens is 262 g/mol. The highest BCUT2D eigenvalue weighted by Gasteiger charge is 2.13. The standard InChI is InChI=1S/C13H21N3O2S/c1-2-16-19(17,18)9-8-14-10-12-5-3-4-11-6-7-15-13(11)12/h3-5,14-16H,2,6-10H2,1H3. The normalized spacial score (nSPS) is 14.2. The lowest BCUT2D eigenvalue weighted by Gasteiger charge is -2.10. The van der Waals surface area contributed by atoms with Gasteiger partial charge >= 0.3 is 0 Å². The fourth-order valence-corrected chi connectivity index (χ4v) is 3.28. The van der Waals surface area contributed by atoms with Crippen LogP contribution in [0.1, 0.15) is 18.1 Å². The summed E-state index contributed by atoms with van der Waals surface area (Å²) in [7, 11) is -3.13. The second-order valence-corrected chi connectivity index (χ2v) is 6.55. The van der Waals surface area contributed by atoms with Crippen molar-refractivity contribution in [3.05, 3.63) is 29.3 Å². The molecular formula is C13H21N3O2S. The summed E-state index contributed by atoms with van der Waals surface area (Å²) in [5.74, 6) is 0.114. The van der Waals surface area contributed by atoms with E-state index < -0.39 is 10.0 Å². The Morgan fingerprint density at radius 1 is 1.37 bits per heavy atom. The Bertz CT molecular complexity index is 529. The topological polar surface area (TPSA) is 70.2 Å². The molecule has 1 aromatic carbocycles. The van der Waals surface area contributed by atoms with Crippen LogP contribution in [0.25, 0.3) is 0 Å². The lowest BCUT2D eigenvalue weighted by Crippen LogP contribution is -2.31. The molecule has 0 saturated heterocycles. The zero-order chi connectivity index (χ0) is 13.7. The predicted molar refractivity (Wildman–Crippen MR) is 77.8 cm³/mol. The van der Waals surface area contributed by atoms with E-state index in [0.29, 0.717) is 19.6 Å². The highest BCUT2D eigenvalue weighted by molar-refractivity contribution is 7.89. The number of hydrogen-bond acceptors (Lipinski definition) is 4. The Morgan fingerprint density at radius 2 is 2.21 bits per heavy atom. The molecule has 3 N–H and O–H groups in total. The number of anilines is 1. The van der Waals surface area contributed by atoms with Gasteiger partial charge in [-0.25, -0.2) is 13.1 Å². The summed E-state index contributed by atoms with van der Waals surface area (Å²) in [5, 5.41) is 6.56. The Kier molecular flexibility index (Phi) is 4.79. The van der Waals surface area contributed by atoms with Crippen LogP contribution in [-0.2, 0) is 23.0 Å². The van der Waals surface area contributed by atoms with E-state index in [2.05, 4.69) is 33.6 Å². The van der Waals surface area contributed by atoms with Crippen molar-refractivity contribution < 1.29 is 8.42 Å². The van der Waals surface area contributed by atoms with Crippen LogP contribution in [0.2, 0.25) is 0 Å². The van der Waals surface area contributed by atoms with Crippen LogP contribution in [0.15, 0.2) is 18.2 Å². The molecule has 0 spiro atoms. The first-order valence-corrected chi connectivity index (χ1v) is 8.30. The molecule has 106 valence electrons. The van der Waals surface area contributed by atoms with E-state index in [1.165, 1.54) is 16.8 Å². The molecule has 5 nitrogen and oxygen atoms in total. The zero-order valence-electron chi connectivity index (χ0n) is 11.2. The number of hydrogen-bond donors (Lipinski definition) is 3. The fourth-order valence-electron chi connectivity index (χ4n) is 2.28. The maximum absolute atomic E-state index is 11.5. The first kappa shape index (κ1) is 14.3. The van der Waals surface area contributed by atoms with Gasteiger partial charge in [0.15, 0.2) is 0 Å². The summed E-state index contributed by atoms with van der Waals surface area (Å²) < 4.78 is 25.4. The Morgan fingerprint density at radius 3 is 3.00 bits per heavy atom. The SMILES string of the molecule is CCNS(=O)(=O)CCNCc1cccc2c1NCC2. The van der Waals surface area contributed by atoms with E-state index in [9.17, 15) is 8.42 Å². The summed E-state index contributed by atoms with van der Waals surface area (Å²) in [6.45, 7) is 4.36. The summed E-state index contributed by atoms with van der Waals surface area (Å²) >= 11 is 0. The zero-order valence-corrected chi connectivity index (χ0v) is 12.0. The maximum Gasteiger partial charge on any atom is 0.212 e. The molecule has 0 radical (unpaired) electrons. The minimum Gasteiger partial charge on any atom is -0.384 e. The number of rotatable bonds is 7. The van der Waals surface area contributed by atoms with E-state index >= 15 is 0 Å². The van der Waals surface area contributed by atoms with Crippen molar-refractivity contribution in [1.82, 2.24) is 10.0 Å². The van der Waals surface area contributed by atoms with Crippen molar-refractivity contribution >= 4 is 15.7 Å². The lowest BCUT2D eigenvalue weighted by atomic mass is 10.1. The first-order chi connectivity index (χ1) is 9.12. The smallest absolute Gasteiger partial charge is 0.212 e. The minimum absolute atomic E-state index is 0.114. The van der Waals surface area contributed by atoms with Crippen molar-refractivity contribution in [3.63, 3.8) is 0 Å². The predicted octanol–water partition coefficient (Wildman–Crippen LogP) is 0.683.